The van der Waals surface area contributed by atoms with E-state index in [1.165, 1.54) is 12.0 Å². The average Bonchev–Trinajstić information content (AvgIpc) is 1.83. The van der Waals surface area contributed by atoms with Gasteiger partial charge in [-0.05, 0) is 20.8 Å². The van der Waals surface area contributed by atoms with E-state index >= 15 is 0 Å². The van der Waals surface area contributed by atoms with Crippen molar-refractivity contribution in [1.82, 2.24) is 0 Å². The molecule has 0 rings (SSSR count). The van der Waals surface area contributed by atoms with E-state index < -0.39 is 0 Å². The molecule has 0 nitrogen and oxygen atoms in total. The number of hydrogen-bond donors (Lipinski definition) is 0. The second-order valence-electron chi connectivity index (χ2n) is 2.80. The van der Waals surface area contributed by atoms with Crippen molar-refractivity contribution >= 4 is 0 Å². The maximum Gasteiger partial charge on any atom is 0.0921 e. The van der Waals surface area contributed by atoms with E-state index in [2.05, 4.69) is 40.2 Å². The molecule has 0 unspecified atom stereocenters. The Balaban J connectivity index is 3.43. The Morgan fingerprint density at radius 2 is 2.11 bits per heavy atom. The third-order valence-corrected chi connectivity index (χ3v) is 1.32. The van der Waals surface area contributed by atoms with Gasteiger partial charge in [0.1, 0.15) is 0 Å². The summed E-state index contributed by atoms with van der Waals surface area (Å²) in [7, 11) is 0. The molecule has 52 valence electrons. The summed E-state index contributed by atoms with van der Waals surface area (Å²) in [5.41, 5.74) is 1.46. The maximum absolute atomic E-state index is 2.23. The SMILES string of the molecule is CCC(C)=C[CH+]C(C)C. The van der Waals surface area contributed by atoms with E-state index in [0.717, 1.165) is 0 Å². The van der Waals surface area contributed by atoms with Gasteiger partial charge in [0.15, 0.2) is 0 Å². The topological polar surface area (TPSA) is 0 Å². The molecule has 0 aliphatic heterocycles. The van der Waals surface area contributed by atoms with Crippen LogP contribution < -0.4 is 0 Å². The Morgan fingerprint density at radius 3 is 2.44 bits per heavy atom. The molecule has 0 heteroatoms. The molecule has 0 radical (unpaired) electrons. The molecule has 0 aliphatic rings. The molecule has 0 saturated heterocycles. The summed E-state index contributed by atoms with van der Waals surface area (Å²) in [4.78, 5) is 0. The molecule has 0 N–H and O–H groups in total. The first-order chi connectivity index (χ1) is 4.16. The lowest BCUT2D eigenvalue weighted by Crippen LogP contribution is -1.84. The monoisotopic (exact) mass is 125 g/mol. The van der Waals surface area contributed by atoms with Crippen LogP contribution in [-0.2, 0) is 0 Å². The van der Waals surface area contributed by atoms with Crippen molar-refractivity contribution in [2.75, 3.05) is 0 Å². The molecule has 0 aromatic heterocycles. The molecule has 0 aromatic rings. The highest BCUT2D eigenvalue weighted by Gasteiger charge is 1.97. The molecule has 0 aromatic carbocycles. The van der Waals surface area contributed by atoms with E-state index in [0.29, 0.717) is 5.92 Å². The summed E-state index contributed by atoms with van der Waals surface area (Å²) >= 11 is 0. The predicted molar refractivity (Wildman–Crippen MR) is 43.2 cm³/mol. The molecule has 0 amide bonds. The minimum absolute atomic E-state index is 0.687. The highest BCUT2D eigenvalue weighted by Crippen LogP contribution is 2.04. The van der Waals surface area contributed by atoms with Crippen molar-refractivity contribution in [3.8, 4) is 0 Å². The van der Waals surface area contributed by atoms with E-state index in [1.807, 2.05) is 0 Å². The molecule has 0 bridgehead atoms. The van der Waals surface area contributed by atoms with Crippen LogP contribution in [0.1, 0.15) is 34.1 Å². The van der Waals surface area contributed by atoms with Gasteiger partial charge in [-0.2, -0.15) is 0 Å². The Morgan fingerprint density at radius 1 is 1.56 bits per heavy atom. The molecule has 0 saturated carbocycles. The lowest BCUT2D eigenvalue weighted by molar-refractivity contribution is 0.781. The van der Waals surface area contributed by atoms with Crippen molar-refractivity contribution in [3.63, 3.8) is 0 Å². The standard InChI is InChI=1S/C9H17/c1-5-9(4)7-6-8(2)3/h6-8H,5H2,1-4H3/q+1. The first kappa shape index (κ1) is 8.61. The zero-order chi connectivity index (χ0) is 7.28. The average molecular weight is 125 g/mol. The zero-order valence-corrected chi connectivity index (χ0v) is 6.94. The van der Waals surface area contributed by atoms with Crippen LogP contribution in [0.5, 0.6) is 0 Å². The Kier molecular flexibility index (Phi) is 4.29. The number of hydrogen-bond acceptors (Lipinski definition) is 0. The molecule has 9 heavy (non-hydrogen) atoms. The molecule has 0 fully saturated rings. The quantitative estimate of drug-likeness (QED) is 0.508. The van der Waals surface area contributed by atoms with Crippen molar-refractivity contribution < 1.29 is 0 Å². The first-order valence-corrected chi connectivity index (χ1v) is 3.67. The van der Waals surface area contributed by atoms with Crippen LogP contribution in [0.15, 0.2) is 11.6 Å². The second kappa shape index (κ2) is 4.49. The van der Waals surface area contributed by atoms with Crippen LogP contribution in [0.3, 0.4) is 0 Å². The third-order valence-electron chi connectivity index (χ3n) is 1.32. The highest BCUT2D eigenvalue weighted by molar-refractivity contribution is 5.05. The van der Waals surface area contributed by atoms with E-state index in [-0.39, 0.29) is 0 Å². The lowest BCUT2D eigenvalue weighted by Gasteiger charge is -1.90. The summed E-state index contributed by atoms with van der Waals surface area (Å²) in [6.07, 6.45) is 5.62. The van der Waals surface area contributed by atoms with Gasteiger partial charge >= 0.3 is 0 Å². The smallest absolute Gasteiger partial charge is 0.0437 e. The minimum Gasteiger partial charge on any atom is -0.0437 e. The van der Waals surface area contributed by atoms with E-state index in [4.69, 9.17) is 0 Å². The van der Waals surface area contributed by atoms with Crippen LogP contribution in [0, 0.1) is 12.3 Å². The van der Waals surface area contributed by atoms with Gasteiger partial charge in [-0.25, -0.2) is 0 Å². The summed E-state index contributed by atoms with van der Waals surface area (Å²) in [5, 5.41) is 0. The summed E-state index contributed by atoms with van der Waals surface area (Å²) < 4.78 is 0. The van der Waals surface area contributed by atoms with Gasteiger partial charge in [0.25, 0.3) is 0 Å². The molecule has 0 spiro atoms. The molecular weight excluding hydrogens is 108 g/mol. The van der Waals surface area contributed by atoms with Gasteiger partial charge in [0.05, 0.1) is 11.6 Å². The maximum atomic E-state index is 2.23. The highest BCUT2D eigenvalue weighted by atomic mass is 13.9. The fourth-order valence-corrected chi connectivity index (χ4v) is 0.475. The largest absolute Gasteiger partial charge is 0.0921 e. The van der Waals surface area contributed by atoms with Crippen molar-refractivity contribution in [2.24, 2.45) is 5.92 Å². The number of allylic oxidation sites excluding steroid dienone is 2. The molecule has 0 heterocycles. The fraction of sp³-hybridized carbons (Fsp3) is 0.667. The normalized spacial score (nSPS) is 12.3. The van der Waals surface area contributed by atoms with Gasteiger partial charge in [-0.15, -0.1) is 0 Å². The van der Waals surface area contributed by atoms with Crippen LogP contribution in [-0.4, -0.2) is 0 Å². The van der Waals surface area contributed by atoms with Crippen molar-refractivity contribution in [1.29, 1.82) is 0 Å². The summed E-state index contributed by atoms with van der Waals surface area (Å²) in [5.74, 6) is 0.687. The lowest BCUT2D eigenvalue weighted by atomic mass is 10.1. The van der Waals surface area contributed by atoms with E-state index in [9.17, 15) is 0 Å². The second-order valence-corrected chi connectivity index (χ2v) is 2.80. The Labute approximate surface area is 59.0 Å². The summed E-state index contributed by atoms with van der Waals surface area (Å²) in [6.45, 7) is 8.73. The van der Waals surface area contributed by atoms with Gasteiger partial charge in [-0.3, -0.25) is 0 Å². The van der Waals surface area contributed by atoms with Crippen LogP contribution in [0.4, 0.5) is 0 Å². The third kappa shape index (κ3) is 5.48. The van der Waals surface area contributed by atoms with Crippen molar-refractivity contribution in [3.05, 3.63) is 18.1 Å². The summed E-state index contributed by atoms with van der Waals surface area (Å²) in [6, 6.07) is 0. The van der Waals surface area contributed by atoms with Crippen LogP contribution in [0.25, 0.3) is 0 Å². The van der Waals surface area contributed by atoms with Gasteiger partial charge < -0.3 is 0 Å². The fourth-order valence-electron chi connectivity index (χ4n) is 0.475. The molecular formula is C9H17+. The minimum atomic E-state index is 0.687. The van der Waals surface area contributed by atoms with Gasteiger partial charge in [-0.1, -0.05) is 0 Å². The van der Waals surface area contributed by atoms with Crippen LogP contribution in [0.2, 0.25) is 0 Å². The van der Waals surface area contributed by atoms with Gasteiger partial charge in [0.2, 0.25) is 0 Å². The molecule has 0 aliphatic carbocycles. The van der Waals surface area contributed by atoms with Crippen LogP contribution >= 0.6 is 0 Å². The van der Waals surface area contributed by atoms with E-state index in [1.54, 1.807) is 0 Å². The molecule has 0 atom stereocenters. The van der Waals surface area contributed by atoms with Crippen molar-refractivity contribution in [2.45, 2.75) is 34.1 Å². The van der Waals surface area contributed by atoms with Gasteiger partial charge in [0, 0.05) is 25.7 Å². The number of rotatable bonds is 3. The zero-order valence-electron chi connectivity index (χ0n) is 6.94. The predicted octanol–water partition coefficient (Wildman–Crippen LogP) is 3.20. The Bertz CT molecular complexity index is 88.2. The Hall–Kier alpha value is -0.390. The first-order valence-electron chi connectivity index (χ1n) is 3.67.